The molecule has 1 aromatic rings. The van der Waals surface area contributed by atoms with Crippen LogP contribution in [0, 0.1) is 10.5 Å². The van der Waals surface area contributed by atoms with Crippen molar-refractivity contribution in [3.05, 3.63) is 31.3 Å². The van der Waals surface area contributed by atoms with Crippen molar-refractivity contribution in [1.29, 1.82) is 0 Å². The Morgan fingerprint density at radius 2 is 1.70 bits per heavy atom. The van der Waals surface area contributed by atoms with Gasteiger partial charge >= 0.3 is 0 Å². The Labute approximate surface area is 83.7 Å². The van der Waals surface area contributed by atoms with Crippen LogP contribution in [-0.4, -0.2) is 0 Å². The summed E-state index contributed by atoms with van der Waals surface area (Å²) in [6.07, 6.45) is 0. The zero-order chi connectivity index (χ0) is 7.72. The maximum Gasteiger partial charge on any atom is 0.0603 e. The molecule has 10 heavy (non-hydrogen) atoms. The van der Waals surface area contributed by atoms with Gasteiger partial charge < -0.3 is 0 Å². The third-order valence-corrected chi connectivity index (χ3v) is 3.09. The maximum absolute atomic E-state index is 5.75. The molecule has 0 nitrogen and oxygen atoms in total. The molecule has 0 saturated heterocycles. The quantitative estimate of drug-likeness (QED) is 0.501. The molecule has 0 aliphatic rings. The Morgan fingerprint density at radius 1 is 1.20 bits per heavy atom. The van der Waals surface area contributed by atoms with Crippen LogP contribution in [0.25, 0.3) is 0 Å². The Bertz CT molecular complexity index is 208. The van der Waals surface area contributed by atoms with Crippen LogP contribution in [-0.2, 0) is 0 Å². The van der Waals surface area contributed by atoms with Crippen molar-refractivity contribution in [2.24, 2.45) is 0 Å². The minimum absolute atomic E-state index is 0.622. The topological polar surface area (TPSA) is 0 Å². The number of halogens is 3. The van der Waals surface area contributed by atoms with Crippen LogP contribution in [0.5, 0.6) is 0 Å². The predicted molar refractivity (Wildman–Crippen MR) is 53.9 cm³/mol. The highest BCUT2D eigenvalue weighted by Crippen LogP contribution is 2.26. The highest BCUT2D eigenvalue weighted by Gasteiger charge is 2.00. The fourth-order valence-electron chi connectivity index (χ4n) is 0.622. The third kappa shape index (κ3) is 1.77. The number of hydrogen-bond donors (Lipinski definition) is 0. The molecule has 0 aliphatic heterocycles. The highest BCUT2D eigenvalue weighted by atomic mass is 127. The summed E-state index contributed by atoms with van der Waals surface area (Å²) in [5, 5.41) is 1.25. The Hall–Kier alpha value is 0.530. The second-order valence-corrected chi connectivity index (χ2v) is 3.99. The fraction of sp³-hybridized carbons (Fsp3) is 0.143. The van der Waals surface area contributed by atoms with Gasteiger partial charge in [0.2, 0.25) is 0 Å². The second-order valence-electron chi connectivity index (χ2n) is 2.02. The first kappa shape index (κ1) is 8.62. The van der Waals surface area contributed by atoms with E-state index in [4.69, 9.17) is 23.2 Å². The SMILES string of the molecule is Cc1cc(Cl)c(Cl)cc1I. The van der Waals surface area contributed by atoms with Gasteiger partial charge in [0.15, 0.2) is 0 Å². The van der Waals surface area contributed by atoms with Crippen molar-refractivity contribution in [3.63, 3.8) is 0 Å². The van der Waals surface area contributed by atoms with Crippen LogP contribution in [0.15, 0.2) is 12.1 Å². The van der Waals surface area contributed by atoms with Crippen LogP contribution in [0.2, 0.25) is 10.0 Å². The van der Waals surface area contributed by atoms with Gasteiger partial charge in [-0.05, 0) is 47.2 Å². The first-order valence-corrected chi connectivity index (χ1v) is 4.56. The van der Waals surface area contributed by atoms with E-state index in [-0.39, 0.29) is 0 Å². The van der Waals surface area contributed by atoms with Crippen LogP contribution in [0.3, 0.4) is 0 Å². The van der Waals surface area contributed by atoms with E-state index in [1.807, 2.05) is 19.1 Å². The first-order valence-electron chi connectivity index (χ1n) is 2.72. The summed E-state index contributed by atoms with van der Waals surface area (Å²) in [5.74, 6) is 0. The number of rotatable bonds is 0. The van der Waals surface area contributed by atoms with Crippen LogP contribution < -0.4 is 0 Å². The van der Waals surface area contributed by atoms with Gasteiger partial charge in [-0.3, -0.25) is 0 Å². The largest absolute Gasteiger partial charge is 0.0827 e. The van der Waals surface area contributed by atoms with E-state index in [1.165, 1.54) is 0 Å². The molecule has 0 amide bonds. The van der Waals surface area contributed by atoms with Gasteiger partial charge in [-0.2, -0.15) is 0 Å². The van der Waals surface area contributed by atoms with Crippen LogP contribution >= 0.6 is 45.8 Å². The molecular formula is C7H5Cl2I. The first-order chi connectivity index (χ1) is 4.61. The van der Waals surface area contributed by atoms with E-state index < -0.39 is 0 Å². The molecule has 0 heterocycles. The van der Waals surface area contributed by atoms with Crippen molar-refractivity contribution >= 4 is 45.8 Å². The average Bonchev–Trinajstić information content (AvgIpc) is 1.84. The van der Waals surface area contributed by atoms with Gasteiger partial charge in [0.25, 0.3) is 0 Å². The lowest BCUT2D eigenvalue weighted by Crippen LogP contribution is -1.79. The Morgan fingerprint density at radius 3 is 2.20 bits per heavy atom. The van der Waals surface area contributed by atoms with E-state index in [0.717, 1.165) is 9.13 Å². The summed E-state index contributed by atoms with van der Waals surface area (Å²) in [7, 11) is 0. The fourth-order valence-corrected chi connectivity index (χ4v) is 1.66. The zero-order valence-corrected chi connectivity index (χ0v) is 8.96. The van der Waals surface area contributed by atoms with Gasteiger partial charge in [0.1, 0.15) is 0 Å². The highest BCUT2D eigenvalue weighted by molar-refractivity contribution is 14.1. The molecular weight excluding hydrogens is 282 g/mol. The van der Waals surface area contributed by atoms with Gasteiger partial charge in [-0.1, -0.05) is 23.2 Å². The third-order valence-electron chi connectivity index (χ3n) is 1.20. The number of aryl methyl sites for hydroxylation is 1. The molecule has 54 valence electrons. The summed E-state index contributed by atoms with van der Waals surface area (Å²) in [4.78, 5) is 0. The number of benzene rings is 1. The minimum atomic E-state index is 0.622. The van der Waals surface area contributed by atoms with E-state index in [2.05, 4.69) is 22.6 Å². The van der Waals surface area contributed by atoms with Gasteiger partial charge in [0, 0.05) is 3.57 Å². The number of hydrogen-bond acceptors (Lipinski definition) is 0. The van der Waals surface area contributed by atoms with Gasteiger partial charge in [0.05, 0.1) is 10.0 Å². The molecule has 0 unspecified atom stereocenters. The summed E-state index contributed by atoms with van der Waals surface area (Å²) in [5.41, 5.74) is 1.16. The lowest BCUT2D eigenvalue weighted by Gasteiger charge is -1.99. The monoisotopic (exact) mass is 286 g/mol. The molecule has 0 fully saturated rings. The Kier molecular flexibility index (Phi) is 2.83. The summed E-state index contributed by atoms with van der Waals surface area (Å²) in [6.45, 7) is 2.00. The molecule has 0 N–H and O–H groups in total. The molecule has 0 spiro atoms. The second kappa shape index (κ2) is 3.28. The van der Waals surface area contributed by atoms with E-state index >= 15 is 0 Å². The maximum atomic E-state index is 5.75. The smallest absolute Gasteiger partial charge is 0.0603 e. The van der Waals surface area contributed by atoms with Gasteiger partial charge in [-0.15, -0.1) is 0 Å². The molecule has 0 aliphatic carbocycles. The molecule has 0 saturated carbocycles. The molecule has 3 heteroatoms. The van der Waals surface area contributed by atoms with E-state index in [9.17, 15) is 0 Å². The van der Waals surface area contributed by atoms with Crippen molar-refractivity contribution in [3.8, 4) is 0 Å². The van der Waals surface area contributed by atoms with E-state index in [0.29, 0.717) is 10.0 Å². The lowest BCUT2D eigenvalue weighted by molar-refractivity contribution is 1.43. The zero-order valence-electron chi connectivity index (χ0n) is 5.29. The van der Waals surface area contributed by atoms with Crippen molar-refractivity contribution in [2.75, 3.05) is 0 Å². The normalized spacial score (nSPS) is 10.0. The van der Waals surface area contributed by atoms with Crippen LogP contribution in [0.4, 0.5) is 0 Å². The van der Waals surface area contributed by atoms with E-state index in [1.54, 1.807) is 0 Å². The molecule has 1 aromatic carbocycles. The van der Waals surface area contributed by atoms with Crippen LogP contribution in [0.1, 0.15) is 5.56 Å². The Balaban J connectivity index is 3.28. The standard InChI is InChI=1S/C7H5Cl2I/c1-4-2-5(8)6(9)3-7(4)10/h2-3H,1H3. The minimum Gasteiger partial charge on any atom is -0.0827 e. The van der Waals surface area contributed by atoms with Crippen molar-refractivity contribution in [1.82, 2.24) is 0 Å². The molecule has 1 rings (SSSR count). The van der Waals surface area contributed by atoms with Crippen molar-refractivity contribution in [2.45, 2.75) is 6.92 Å². The molecule has 0 bridgehead atoms. The van der Waals surface area contributed by atoms with Gasteiger partial charge in [-0.25, -0.2) is 0 Å². The predicted octanol–water partition coefficient (Wildman–Crippen LogP) is 3.91. The molecule has 0 aromatic heterocycles. The molecule has 0 radical (unpaired) electrons. The summed E-state index contributed by atoms with van der Waals surface area (Å²) < 4.78 is 1.15. The lowest BCUT2D eigenvalue weighted by atomic mass is 10.2. The summed E-state index contributed by atoms with van der Waals surface area (Å²) in [6, 6.07) is 3.73. The van der Waals surface area contributed by atoms with Crippen molar-refractivity contribution < 1.29 is 0 Å². The summed E-state index contributed by atoms with van der Waals surface area (Å²) >= 11 is 13.7. The average molecular weight is 287 g/mol. The molecule has 0 atom stereocenters.